The first kappa shape index (κ1) is 16.4. The van der Waals surface area contributed by atoms with Crippen LogP contribution in [0.2, 0.25) is 5.02 Å². The Kier molecular flexibility index (Phi) is 4.04. The number of hydrogen-bond donors (Lipinski definition) is 0. The highest BCUT2D eigenvalue weighted by molar-refractivity contribution is 6.32. The second-order valence-electron chi connectivity index (χ2n) is 5.32. The van der Waals surface area contributed by atoms with E-state index >= 15 is 0 Å². The SMILES string of the molecule is Cc1ccc2nc(C)c(N=Nc3cc(C(F)(F)F)ccc3Cl)n2c1. The molecule has 0 aliphatic carbocycles. The Labute approximate surface area is 140 Å². The molecule has 0 fully saturated rings. The zero-order valence-corrected chi connectivity index (χ0v) is 13.5. The summed E-state index contributed by atoms with van der Waals surface area (Å²) in [7, 11) is 0. The molecule has 2 aromatic heterocycles. The second-order valence-corrected chi connectivity index (χ2v) is 5.73. The number of nitrogens with zero attached hydrogens (tertiary/aromatic N) is 4. The van der Waals surface area contributed by atoms with Crippen molar-refractivity contribution >= 4 is 28.8 Å². The lowest BCUT2D eigenvalue weighted by Gasteiger charge is -2.07. The predicted molar refractivity (Wildman–Crippen MR) is 85.3 cm³/mol. The molecule has 0 bridgehead atoms. The number of benzene rings is 1. The van der Waals surface area contributed by atoms with Gasteiger partial charge in [-0.2, -0.15) is 13.2 Å². The maximum absolute atomic E-state index is 12.8. The van der Waals surface area contributed by atoms with E-state index in [2.05, 4.69) is 15.2 Å². The summed E-state index contributed by atoms with van der Waals surface area (Å²) in [6.07, 6.45) is -2.64. The van der Waals surface area contributed by atoms with Crippen molar-refractivity contribution < 1.29 is 13.2 Å². The molecule has 3 aromatic rings. The number of pyridine rings is 1. The highest BCUT2D eigenvalue weighted by atomic mass is 35.5. The van der Waals surface area contributed by atoms with Crippen LogP contribution in [0.15, 0.2) is 46.8 Å². The van der Waals surface area contributed by atoms with Crippen LogP contribution in [0.1, 0.15) is 16.8 Å². The van der Waals surface area contributed by atoms with Crippen molar-refractivity contribution in [3.63, 3.8) is 0 Å². The lowest BCUT2D eigenvalue weighted by atomic mass is 10.2. The van der Waals surface area contributed by atoms with E-state index in [9.17, 15) is 13.2 Å². The number of imidazole rings is 1. The fraction of sp³-hybridized carbons (Fsp3) is 0.188. The standard InChI is InChI=1S/C16H12ClF3N4/c1-9-3-6-14-21-10(2)15(24(14)8-9)23-22-13-7-11(16(18,19)20)4-5-12(13)17/h3-8H,1-2H3. The molecule has 0 N–H and O–H groups in total. The Hall–Kier alpha value is -2.41. The van der Waals surface area contributed by atoms with Gasteiger partial charge in [0.25, 0.3) is 0 Å². The lowest BCUT2D eigenvalue weighted by molar-refractivity contribution is -0.137. The van der Waals surface area contributed by atoms with E-state index in [0.29, 0.717) is 17.2 Å². The molecular weight excluding hydrogens is 341 g/mol. The average Bonchev–Trinajstić information content (AvgIpc) is 2.80. The summed E-state index contributed by atoms with van der Waals surface area (Å²) in [4.78, 5) is 4.34. The van der Waals surface area contributed by atoms with Crippen LogP contribution >= 0.6 is 11.6 Å². The fourth-order valence-electron chi connectivity index (χ4n) is 2.24. The van der Waals surface area contributed by atoms with Crippen molar-refractivity contribution in [3.8, 4) is 0 Å². The minimum atomic E-state index is -4.47. The van der Waals surface area contributed by atoms with Crippen LogP contribution in [0, 0.1) is 13.8 Å². The second kappa shape index (κ2) is 5.90. The highest BCUT2D eigenvalue weighted by Crippen LogP contribution is 2.36. The van der Waals surface area contributed by atoms with Crippen molar-refractivity contribution in [2.24, 2.45) is 10.2 Å². The Balaban J connectivity index is 2.06. The Bertz CT molecular complexity index is 944. The summed E-state index contributed by atoms with van der Waals surface area (Å²) < 4.78 is 40.1. The molecule has 1 aromatic carbocycles. The van der Waals surface area contributed by atoms with E-state index in [-0.39, 0.29) is 10.7 Å². The maximum Gasteiger partial charge on any atom is 0.416 e. The number of alkyl halides is 3. The van der Waals surface area contributed by atoms with E-state index in [1.165, 1.54) is 0 Å². The van der Waals surface area contributed by atoms with Gasteiger partial charge in [0, 0.05) is 6.20 Å². The summed E-state index contributed by atoms with van der Waals surface area (Å²) in [5.74, 6) is 0.446. The van der Waals surface area contributed by atoms with E-state index < -0.39 is 11.7 Å². The van der Waals surface area contributed by atoms with Crippen LogP contribution < -0.4 is 0 Å². The van der Waals surface area contributed by atoms with Crippen LogP contribution in [-0.2, 0) is 6.18 Å². The van der Waals surface area contributed by atoms with Crippen LogP contribution in [0.5, 0.6) is 0 Å². The van der Waals surface area contributed by atoms with Crippen LogP contribution in [0.4, 0.5) is 24.7 Å². The van der Waals surface area contributed by atoms with E-state index in [1.54, 1.807) is 11.3 Å². The number of azo groups is 1. The van der Waals surface area contributed by atoms with Crippen molar-refractivity contribution in [3.05, 3.63) is 58.4 Å². The van der Waals surface area contributed by atoms with Gasteiger partial charge in [0.2, 0.25) is 0 Å². The predicted octanol–water partition coefficient (Wildman–Crippen LogP) is 6.04. The highest BCUT2D eigenvalue weighted by Gasteiger charge is 2.31. The van der Waals surface area contributed by atoms with Crippen molar-refractivity contribution in [2.75, 3.05) is 0 Å². The molecule has 8 heteroatoms. The third kappa shape index (κ3) is 3.12. The van der Waals surface area contributed by atoms with Gasteiger partial charge in [-0.05, 0) is 43.7 Å². The monoisotopic (exact) mass is 352 g/mol. The van der Waals surface area contributed by atoms with Gasteiger partial charge >= 0.3 is 6.18 Å². The average molecular weight is 353 g/mol. The first-order chi connectivity index (χ1) is 11.3. The molecule has 0 atom stereocenters. The van der Waals surface area contributed by atoms with Crippen LogP contribution in [-0.4, -0.2) is 9.38 Å². The number of aryl methyl sites for hydroxylation is 2. The Morgan fingerprint density at radius 3 is 2.54 bits per heavy atom. The molecule has 0 unspecified atom stereocenters. The van der Waals surface area contributed by atoms with Crippen LogP contribution in [0.25, 0.3) is 5.65 Å². The molecule has 0 aliphatic heterocycles. The van der Waals surface area contributed by atoms with Gasteiger partial charge in [0.15, 0.2) is 5.82 Å². The molecule has 4 nitrogen and oxygen atoms in total. The van der Waals surface area contributed by atoms with E-state index in [0.717, 1.165) is 23.8 Å². The van der Waals surface area contributed by atoms with E-state index in [4.69, 9.17) is 11.6 Å². The number of halogens is 4. The molecule has 2 heterocycles. The van der Waals surface area contributed by atoms with E-state index in [1.807, 2.05) is 25.3 Å². The summed E-state index contributed by atoms with van der Waals surface area (Å²) in [6, 6.07) is 6.68. The Morgan fingerprint density at radius 1 is 1.08 bits per heavy atom. The van der Waals surface area contributed by atoms with Crippen molar-refractivity contribution in [1.29, 1.82) is 0 Å². The molecular formula is C16H12ClF3N4. The zero-order chi connectivity index (χ0) is 17.5. The quantitative estimate of drug-likeness (QED) is 0.518. The molecule has 0 aliphatic rings. The number of aromatic nitrogens is 2. The van der Waals surface area contributed by atoms with Crippen molar-refractivity contribution in [2.45, 2.75) is 20.0 Å². The largest absolute Gasteiger partial charge is 0.416 e. The van der Waals surface area contributed by atoms with Gasteiger partial charge in [-0.15, -0.1) is 10.2 Å². The third-order valence-electron chi connectivity index (χ3n) is 3.43. The summed E-state index contributed by atoms with van der Waals surface area (Å²) in [5.41, 5.74) is 1.42. The van der Waals surface area contributed by atoms with Gasteiger partial charge in [-0.1, -0.05) is 17.7 Å². The lowest BCUT2D eigenvalue weighted by Crippen LogP contribution is -2.03. The molecule has 0 spiro atoms. The number of rotatable bonds is 2. The summed E-state index contributed by atoms with van der Waals surface area (Å²) in [5, 5.41) is 8.05. The van der Waals surface area contributed by atoms with Gasteiger partial charge < -0.3 is 0 Å². The van der Waals surface area contributed by atoms with Gasteiger partial charge in [0.1, 0.15) is 11.3 Å². The zero-order valence-electron chi connectivity index (χ0n) is 12.8. The molecule has 124 valence electrons. The minimum absolute atomic E-state index is 0.0477. The molecule has 0 amide bonds. The first-order valence-corrected chi connectivity index (χ1v) is 7.37. The van der Waals surface area contributed by atoms with Gasteiger partial charge in [-0.3, -0.25) is 4.40 Å². The molecule has 0 saturated carbocycles. The maximum atomic E-state index is 12.8. The van der Waals surface area contributed by atoms with Crippen LogP contribution in [0.3, 0.4) is 0 Å². The molecule has 0 radical (unpaired) electrons. The normalized spacial score (nSPS) is 12.4. The minimum Gasteiger partial charge on any atom is -0.283 e. The molecule has 0 saturated heterocycles. The molecule has 24 heavy (non-hydrogen) atoms. The summed E-state index contributed by atoms with van der Waals surface area (Å²) in [6.45, 7) is 3.67. The first-order valence-electron chi connectivity index (χ1n) is 6.99. The molecule has 3 rings (SSSR count). The van der Waals surface area contributed by atoms with Gasteiger partial charge in [-0.25, -0.2) is 4.98 Å². The van der Waals surface area contributed by atoms with Gasteiger partial charge in [0.05, 0.1) is 16.3 Å². The Morgan fingerprint density at radius 2 is 1.83 bits per heavy atom. The number of fused-ring (bicyclic) bond motifs is 1. The fourth-order valence-corrected chi connectivity index (χ4v) is 2.40. The third-order valence-corrected chi connectivity index (χ3v) is 3.75. The number of hydrogen-bond acceptors (Lipinski definition) is 3. The topological polar surface area (TPSA) is 42.0 Å². The van der Waals surface area contributed by atoms with Crippen molar-refractivity contribution in [1.82, 2.24) is 9.38 Å². The summed E-state index contributed by atoms with van der Waals surface area (Å²) >= 11 is 5.93. The smallest absolute Gasteiger partial charge is 0.283 e.